The molecule has 0 fully saturated rings. The number of amides is 1. The fraction of sp³-hybridized carbons (Fsp3) is 0.440. The van der Waals surface area contributed by atoms with Crippen molar-refractivity contribution in [3.05, 3.63) is 53.2 Å². The second kappa shape index (κ2) is 11.5. The molecule has 0 spiro atoms. The summed E-state index contributed by atoms with van der Waals surface area (Å²) in [6.07, 6.45) is 6.11. The lowest BCUT2D eigenvalue weighted by Gasteiger charge is -2.16. The minimum Gasteiger partial charge on any atom is -0.361 e. The van der Waals surface area contributed by atoms with Crippen molar-refractivity contribution in [2.24, 2.45) is 10.9 Å². The van der Waals surface area contributed by atoms with Crippen LogP contribution in [-0.4, -0.2) is 33.4 Å². The number of hydrogen-bond acceptors (Lipinski definition) is 4. The van der Waals surface area contributed by atoms with E-state index in [0.29, 0.717) is 24.9 Å². The lowest BCUT2D eigenvalue weighted by Crippen LogP contribution is -2.40. The van der Waals surface area contributed by atoms with Gasteiger partial charge in [0.25, 0.3) is 0 Å². The van der Waals surface area contributed by atoms with E-state index in [1.54, 1.807) is 6.07 Å². The van der Waals surface area contributed by atoms with Crippen LogP contribution >= 0.6 is 0 Å². The number of aromatic amines is 1. The fourth-order valence-electron chi connectivity index (χ4n) is 3.83. The SMILES string of the molecule is CCCCC(CC)C(=O)NC(=NCCc1c[nH]c2ccc(F)cc12)Nc1nc(C)cc(C)n1. The van der Waals surface area contributed by atoms with Crippen LogP contribution in [-0.2, 0) is 11.2 Å². The van der Waals surface area contributed by atoms with Crippen LogP contribution in [0.1, 0.15) is 56.5 Å². The third kappa shape index (κ3) is 6.84. The van der Waals surface area contributed by atoms with E-state index in [1.807, 2.05) is 33.0 Å². The molecule has 0 aliphatic rings. The molecule has 7 nitrogen and oxygen atoms in total. The normalized spacial score (nSPS) is 12.7. The third-order valence-electron chi connectivity index (χ3n) is 5.60. The van der Waals surface area contributed by atoms with E-state index in [-0.39, 0.29) is 17.6 Å². The number of aryl methyl sites for hydroxylation is 2. The molecule has 3 N–H and O–H groups in total. The van der Waals surface area contributed by atoms with Gasteiger partial charge >= 0.3 is 0 Å². The molecule has 1 atom stereocenters. The van der Waals surface area contributed by atoms with Gasteiger partial charge in [0, 0.05) is 41.0 Å². The van der Waals surface area contributed by atoms with Gasteiger partial charge in [-0.3, -0.25) is 20.4 Å². The van der Waals surface area contributed by atoms with E-state index in [4.69, 9.17) is 0 Å². The smallest absolute Gasteiger partial charge is 0.229 e. The zero-order chi connectivity index (χ0) is 23.8. The van der Waals surface area contributed by atoms with Gasteiger partial charge in [0.2, 0.25) is 17.8 Å². The van der Waals surface area contributed by atoms with Gasteiger partial charge in [-0.15, -0.1) is 0 Å². The van der Waals surface area contributed by atoms with E-state index >= 15 is 0 Å². The molecule has 176 valence electrons. The molecule has 1 amide bonds. The molecular formula is C25H33FN6O. The number of carbonyl (C=O) groups is 1. The Morgan fingerprint density at radius 2 is 1.94 bits per heavy atom. The first-order valence-electron chi connectivity index (χ1n) is 11.6. The number of carbonyl (C=O) groups excluding carboxylic acids is 1. The summed E-state index contributed by atoms with van der Waals surface area (Å²) in [5.74, 6) is 0.309. The monoisotopic (exact) mass is 452 g/mol. The van der Waals surface area contributed by atoms with Crippen LogP contribution in [0.25, 0.3) is 10.9 Å². The molecule has 3 aromatic rings. The maximum atomic E-state index is 13.7. The van der Waals surface area contributed by atoms with Gasteiger partial charge < -0.3 is 4.98 Å². The highest BCUT2D eigenvalue weighted by Crippen LogP contribution is 2.20. The van der Waals surface area contributed by atoms with Gasteiger partial charge in [-0.25, -0.2) is 14.4 Å². The summed E-state index contributed by atoms with van der Waals surface area (Å²) in [5, 5.41) is 6.86. The van der Waals surface area contributed by atoms with Crippen molar-refractivity contribution in [2.75, 3.05) is 11.9 Å². The molecular weight excluding hydrogens is 419 g/mol. The van der Waals surface area contributed by atoms with E-state index in [9.17, 15) is 9.18 Å². The van der Waals surface area contributed by atoms with Crippen LogP contribution in [0, 0.1) is 25.6 Å². The standard InChI is InChI=1S/C25H33FN6O/c1-5-7-8-18(6-2)23(33)31-24(32-25-29-16(3)13-17(4)30-25)27-12-11-19-15-28-22-10-9-20(26)14-21(19)22/h9-10,13-15,18,28H,5-8,11-12H2,1-4H3,(H2,27,29,30,31,32,33). The second-order valence-corrected chi connectivity index (χ2v) is 8.32. The Balaban J connectivity index is 1.77. The van der Waals surface area contributed by atoms with Crippen LogP contribution in [0.2, 0.25) is 0 Å². The Labute approximate surface area is 194 Å². The molecule has 0 saturated heterocycles. The summed E-state index contributed by atoms with van der Waals surface area (Å²) in [5.41, 5.74) is 3.50. The minimum absolute atomic E-state index is 0.0595. The number of nitrogens with zero attached hydrogens (tertiary/aromatic N) is 3. The predicted molar refractivity (Wildman–Crippen MR) is 131 cm³/mol. The van der Waals surface area contributed by atoms with Crippen LogP contribution in [0.15, 0.2) is 35.5 Å². The Morgan fingerprint density at radius 1 is 1.18 bits per heavy atom. The average molecular weight is 453 g/mol. The summed E-state index contributed by atoms with van der Waals surface area (Å²) < 4.78 is 13.7. The summed E-state index contributed by atoms with van der Waals surface area (Å²) in [6.45, 7) is 8.33. The van der Waals surface area contributed by atoms with Crippen LogP contribution in [0.3, 0.4) is 0 Å². The maximum Gasteiger partial charge on any atom is 0.229 e. The van der Waals surface area contributed by atoms with E-state index in [2.05, 4.69) is 37.5 Å². The minimum atomic E-state index is -0.272. The number of unbranched alkanes of at least 4 members (excludes halogenated alkanes) is 1. The first-order valence-corrected chi connectivity index (χ1v) is 11.6. The topological polar surface area (TPSA) is 95.1 Å². The quantitative estimate of drug-likeness (QED) is 0.312. The summed E-state index contributed by atoms with van der Waals surface area (Å²) in [7, 11) is 0. The van der Waals surface area contributed by atoms with Gasteiger partial charge in [0.15, 0.2) is 0 Å². The molecule has 0 aliphatic carbocycles. The van der Waals surface area contributed by atoms with Crippen LogP contribution < -0.4 is 10.6 Å². The van der Waals surface area contributed by atoms with Crippen molar-refractivity contribution in [2.45, 2.75) is 59.8 Å². The van der Waals surface area contributed by atoms with Gasteiger partial charge in [0.05, 0.1) is 0 Å². The van der Waals surface area contributed by atoms with Crippen molar-refractivity contribution >= 4 is 28.7 Å². The van der Waals surface area contributed by atoms with E-state index < -0.39 is 0 Å². The molecule has 3 rings (SSSR count). The number of guanidine groups is 1. The van der Waals surface area contributed by atoms with Gasteiger partial charge in [-0.1, -0.05) is 26.7 Å². The molecule has 33 heavy (non-hydrogen) atoms. The van der Waals surface area contributed by atoms with Gasteiger partial charge in [-0.2, -0.15) is 0 Å². The maximum absolute atomic E-state index is 13.7. The van der Waals surface area contributed by atoms with Gasteiger partial charge in [-0.05, 0) is 62.9 Å². The predicted octanol–water partition coefficient (Wildman–Crippen LogP) is 5.06. The number of H-pyrrole nitrogens is 1. The number of aliphatic imine (C=N–C) groups is 1. The molecule has 8 heteroatoms. The number of anilines is 1. The third-order valence-corrected chi connectivity index (χ3v) is 5.60. The zero-order valence-electron chi connectivity index (χ0n) is 19.8. The fourth-order valence-corrected chi connectivity index (χ4v) is 3.83. The Kier molecular flexibility index (Phi) is 8.52. The lowest BCUT2D eigenvalue weighted by atomic mass is 9.98. The largest absolute Gasteiger partial charge is 0.361 e. The molecule has 0 bridgehead atoms. The number of halogens is 1. The van der Waals surface area contributed by atoms with Crippen molar-refractivity contribution in [1.29, 1.82) is 0 Å². The summed E-state index contributed by atoms with van der Waals surface area (Å²) in [6, 6.07) is 6.57. The Hall–Kier alpha value is -3.29. The van der Waals surface area contributed by atoms with Gasteiger partial charge in [0.1, 0.15) is 5.82 Å². The highest BCUT2D eigenvalue weighted by atomic mass is 19.1. The van der Waals surface area contributed by atoms with Crippen molar-refractivity contribution < 1.29 is 9.18 Å². The molecule has 0 radical (unpaired) electrons. The number of rotatable bonds is 9. The summed E-state index contributed by atoms with van der Waals surface area (Å²) >= 11 is 0. The molecule has 2 heterocycles. The zero-order valence-corrected chi connectivity index (χ0v) is 19.8. The van der Waals surface area contributed by atoms with Crippen molar-refractivity contribution in [3.8, 4) is 0 Å². The number of aromatic nitrogens is 3. The molecule has 0 aliphatic heterocycles. The van der Waals surface area contributed by atoms with Crippen LogP contribution in [0.4, 0.5) is 10.3 Å². The molecule has 0 saturated carbocycles. The highest BCUT2D eigenvalue weighted by molar-refractivity contribution is 6.04. The first-order chi connectivity index (χ1) is 15.9. The van der Waals surface area contributed by atoms with Crippen LogP contribution in [0.5, 0.6) is 0 Å². The molecule has 1 unspecified atom stereocenters. The molecule has 2 aromatic heterocycles. The first kappa shape index (κ1) is 24.4. The molecule has 1 aromatic carbocycles. The lowest BCUT2D eigenvalue weighted by molar-refractivity contribution is -0.123. The Bertz CT molecular complexity index is 1100. The summed E-state index contributed by atoms with van der Waals surface area (Å²) in [4.78, 5) is 29.5. The second-order valence-electron chi connectivity index (χ2n) is 8.32. The van der Waals surface area contributed by atoms with Crippen molar-refractivity contribution in [3.63, 3.8) is 0 Å². The number of benzene rings is 1. The average Bonchev–Trinajstić information content (AvgIpc) is 3.15. The van der Waals surface area contributed by atoms with E-state index in [0.717, 1.165) is 53.5 Å². The number of fused-ring (bicyclic) bond motifs is 1. The number of hydrogen-bond donors (Lipinski definition) is 3. The highest BCUT2D eigenvalue weighted by Gasteiger charge is 2.18. The van der Waals surface area contributed by atoms with E-state index in [1.165, 1.54) is 12.1 Å². The Morgan fingerprint density at radius 3 is 2.64 bits per heavy atom. The van der Waals surface area contributed by atoms with Crippen molar-refractivity contribution in [1.82, 2.24) is 20.3 Å². The number of nitrogens with one attached hydrogen (secondary N) is 3.